The summed E-state index contributed by atoms with van der Waals surface area (Å²) in [5, 5.41) is 9.36. The molecule has 0 unspecified atom stereocenters. The van der Waals surface area contributed by atoms with Crippen LogP contribution >= 0.6 is 0 Å². The van der Waals surface area contributed by atoms with E-state index in [-0.39, 0.29) is 24.7 Å². The standard InChI is InChI=1S/C23H39NO4/c1-3-27-23-19(14-9-15-25)20(17-10-7-8-11-17)16-21(28-23)22(26)24(2)18-12-5-4-6-13-18/h16-20,23,25H,3-15H2,1-2H3/t19-,20+,23+/m1/s1. The van der Waals surface area contributed by atoms with Crippen molar-refractivity contribution in [2.75, 3.05) is 20.3 Å². The number of carbonyl (C=O) groups excluding carboxylic acids is 1. The second kappa shape index (κ2) is 10.6. The van der Waals surface area contributed by atoms with Gasteiger partial charge in [0.2, 0.25) is 6.29 Å². The zero-order valence-electron chi connectivity index (χ0n) is 17.8. The molecule has 3 rings (SSSR count). The lowest BCUT2D eigenvalue weighted by atomic mass is 9.76. The SMILES string of the molecule is CCO[C@H]1OC(C(=O)N(C)C2CCCCC2)=C[C@@H](C2CCCC2)[C@H]1CCCO. The first kappa shape index (κ1) is 21.6. The van der Waals surface area contributed by atoms with Crippen molar-refractivity contribution in [2.45, 2.75) is 89.9 Å². The Morgan fingerprint density at radius 1 is 1.18 bits per heavy atom. The van der Waals surface area contributed by atoms with E-state index in [2.05, 4.69) is 6.08 Å². The molecule has 28 heavy (non-hydrogen) atoms. The molecule has 2 saturated carbocycles. The van der Waals surface area contributed by atoms with Gasteiger partial charge < -0.3 is 19.5 Å². The normalized spacial score (nSPS) is 29.4. The summed E-state index contributed by atoms with van der Waals surface area (Å²) in [5.41, 5.74) is 0. The van der Waals surface area contributed by atoms with Crippen LogP contribution in [0, 0.1) is 17.8 Å². The lowest BCUT2D eigenvalue weighted by Gasteiger charge is -2.40. The van der Waals surface area contributed by atoms with Crippen molar-refractivity contribution in [3.63, 3.8) is 0 Å². The van der Waals surface area contributed by atoms with Crippen LogP contribution in [0.15, 0.2) is 11.8 Å². The Morgan fingerprint density at radius 3 is 2.50 bits per heavy atom. The zero-order valence-corrected chi connectivity index (χ0v) is 17.8. The first-order valence-corrected chi connectivity index (χ1v) is 11.5. The van der Waals surface area contributed by atoms with Crippen molar-refractivity contribution in [1.82, 2.24) is 4.90 Å². The monoisotopic (exact) mass is 393 g/mol. The number of aliphatic hydroxyl groups excluding tert-OH is 1. The van der Waals surface area contributed by atoms with Crippen LogP contribution in [0.2, 0.25) is 0 Å². The van der Waals surface area contributed by atoms with Crippen LogP contribution in [0.4, 0.5) is 0 Å². The van der Waals surface area contributed by atoms with Crippen LogP contribution in [0.3, 0.4) is 0 Å². The number of hydrogen-bond donors (Lipinski definition) is 1. The Hall–Kier alpha value is -1.07. The summed E-state index contributed by atoms with van der Waals surface area (Å²) >= 11 is 0. The van der Waals surface area contributed by atoms with E-state index < -0.39 is 0 Å². The number of allylic oxidation sites excluding steroid dienone is 1. The highest BCUT2D eigenvalue weighted by atomic mass is 16.7. The van der Waals surface area contributed by atoms with E-state index in [1.807, 2.05) is 18.9 Å². The first-order valence-electron chi connectivity index (χ1n) is 11.5. The van der Waals surface area contributed by atoms with Gasteiger partial charge in [0.1, 0.15) is 0 Å². The molecule has 0 aromatic heterocycles. The molecule has 1 amide bonds. The summed E-state index contributed by atoms with van der Waals surface area (Å²) in [5.74, 6) is 1.62. The molecule has 0 radical (unpaired) electrons. The predicted molar refractivity (Wildman–Crippen MR) is 109 cm³/mol. The third kappa shape index (κ3) is 5.10. The number of hydrogen-bond acceptors (Lipinski definition) is 4. The van der Waals surface area contributed by atoms with Crippen molar-refractivity contribution in [1.29, 1.82) is 0 Å². The third-order valence-corrected chi connectivity index (χ3v) is 7.06. The summed E-state index contributed by atoms with van der Waals surface area (Å²) in [6.45, 7) is 2.73. The van der Waals surface area contributed by atoms with Crippen molar-refractivity contribution in [3.8, 4) is 0 Å². The number of aliphatic hydroxyl groups is 1. The maximum atomic E-state index is 13.3. The summed E-state index contributed by atoms with van der Waals surface area (Å²) in [4.78, 5) is 15.2. The van der Waals surface area contributed by atoms with E-state index >= 15 is 0 Å². The van der Waals surface area contributed by atoms with Gasteiger partial charge in [-0.2, -0.15) is 0 Å². The van der Waals surface area contributed by atoms with Crippen LogP contribution in [-0.4, -0.2) is 48.5 Å². The van der Waals surface area contributed by atoms with Gasteiger partial charge in [-0.3, -0.25) is 4.79 Å². The van der Waals surface area contributed by atoms with Crippen molar-refractivity contribution < 1.29 is 19.4 Å². The molecule has 1 N–H and O–H groups in total. The Kier molecular flexibility index (Phi) is 8.22. The minimum Gasteiger partial charge on any atom is -0.459 e. The van der Waals surface area contributed by atoms with Crippen molar-refractivity contribution >= 4 is 5.91 Å². The van der Waals surface area contributed by atoms with Gasteiger partial charge in [0.05, 0.1) is 0 Å². The zero-order chi connectivity index (χ0) is 19.9. The smallest absolute Gasteiger partial charge is 0.288 e. The third-order valence-electron chi connectivity index (χ3n) is 7.06. The summed E-state index contributed by atoms with van der Waals surface area (Å²) in [6, 6.07) is 0.327. The maximum absolute atomic E-state index is 13.3. The predicted octanol–water partition coefficient (Wildman–Crippen LogP) is 4.25. The van der Waals surface area contributed by atoms with Gasteiger partial charge in [-0.05, 0) is 63.4 Å². The molecule has 0 aromatic carbocycles. The Labute approximate surface area is 170 Å². The molecule has 160 valence electrons. The molecule has 0 aromatic rings. The number of ether oxygens (including phenoxy) is 2. The van der Waals surface area contributed by atoms with Gasteiger partial charge in [-0.15, -0.1) is 0 Å². The van der Waals surface area contributed by atoms with Crippen molar-refractivity contribution in [2.24, 2.45) is 17.8 Å². The van der Waals surface area contributed by atoms with E-state index in [0.29, 0.717) is 30.2 Å². The minimum atomic E-state index is -0.383. The van der Waals surface area contributed by atoms with E-state index in [4.69, 9.17) is 9.47 Å². The molecule has 5 heteroatoms. The number of amides is 1. The number of nitrogens with zero attached hydrogens (tertiary/aromatic N) is 1. The highest BCUT2D eigenvalue weighted by Gasteiger charge is 2.42. The fraction of sp³-hybridized carbons (Fsp3) is 0.870. The molecule has 3 aliphatic rings. The summed E-state index contributed by atoms with van der Waals surface area (Å²) in [7, 11) is 1.93. The minimum absolute atomic E-state index is 0.0141. The molecular weight excluding hydrogens is 354 g/mol. The molecule has 3 atom stereocenters. The average Bonchev–Trinajstić information content (AvgIpc) is 3.27. The van der Waals surface area contributed by atoms with Gasteiger partial charge in [-0.1, -0.05) is 32.1 Å². The first-order chi connectivity index (χ1) is 13.7. The Bertz CT molecular complexity index is 523. The molecule has 5 nitrogen and oxygen atoms in total. The molecular formula is C23H39NO4. The number of carbonyl (C=O) groups is 1. The molecule has 2 aliphatic carbocycles. The molecule has 0 saturated heterocycles. The molecule has 1 heterocycles. The van der Waals surface area contributed by atoms with Crippen LogP contribution in [0.5, 0.6) is 0 Å². The fourth-order valence-corrected chi connectivity index (χ4v) is 5.47. The molecule has 0 bridgehead atoms. The lowest BCUT2D eigenvalue weighted by molar-refractivity contribution is -0.179. The fourth-order valence-electron chi connectivity index (χ4n) is 5.47. The van der Waals surface area contributed by atoms with E-state index in [0.717, 1.165) is 25.7 Å². The van der Waals surface area contributed by atoms with Gasteiger partial charge in [-0.25, -0.2) is 0 Å². The second-order valence-corrected chi connectivity index (χ2v) is 8.83. The van der Waals surface area contributed by atoms with Gasteiger partial charge in [0.25, 0.3) is 5.91 Å². The quantitative estimate of drug-likeness (QED) is 0.670. The highest BCUT2D eigenvalue weighted by Crippen LogP contribution is 2.43. The topological polar surface area (TPSA) is 59.0 Å². The van der Waals surface area contributed by atoms with E-state index in [1.165, 1.54) is 44.9 Å². The highest BCUT2D eigenvalue weighted by molar-refractivity contribution is 5.91. The molecule has 0 spiro atoms. The lowest BCUT2D eigenvalue weighted by Crippen LogP contribution is -2.44. The number of likely N-dealkylation sites (N-methyl/N-ethyl adjacent to an activating group) is 1. The van der Waals surface area contributed by atoms with Gasteiger partial charge in [0, 0.05) is 32.2 Å². The van der Waals surface area contributed by atoms with Crippen LogP contribution in [0.25, 0.3) is 0 Å². The van der Waals surface area contributed by atoms with Crippen LogP contribution in [-0.2, 0) is 14.3 Å². The second-order valence-electron chi connectivity index (χ2n) is 8.83. The van der Waals surface area contributed by atoms with Crippen LogP contribution in [0.1, 0.15) is 77.6 Å². The summed E-state index contributed by atoms with van der Waals surface area (Å²) in [6.07, 6.45) is 14.2. The van der Waals surface area contributed by atoms with Crippen LogP contribution < -0.4 is 0 Å². The average molecular weight is 394 g/mol. The Morgan fingerprint density at radius 2 is 1.86 bits per heavy atom. The van der Waals surface area contributed by atoms with Gasteiger partial charge in [0.15, 0.2) is 5.76 Å². The maximum Gasteiger partial charge on any atom is 0.288 e. The van der Waals surface area contributed by atoms with Gasteiger partial charge >= 0.3 is 0 Å². The van der Waals surface area contributed by atoms with E-state index in [9.17, 15) is 9.90 Å². The van der Waals surface area contributed by atoms with E-state index in [1.54, 1.807) is 0 Å². The molecule has 1 aliphatic heterocycles. The van der Waals surface area contributed by atoms with Crippen molar-refractivity contribution in [3.05, 3.63) is 11.8 Å². The Balaban J connectivity index is 1.80. The summed E-state index contributed by atoms with van der Waals surface area (Å²) < 4.78 is 12.1. The largest absolute Gasteiger partial charge is 0.459 e. The number of rotatable bonds is 8. The molecule has 2 fully saturated rings.